The molecule has 0 unspecified atom stereocenters. The number of halogens is 4. The second-order valence-corrected chi connectivity index (χ2v) is 9.28. The van der Waals surface area contributed by atoms with Gasteiger partial charge in [-0.05, 0) is 24.6 Å². The van der Waals surface area contributed by atoms with Crippen molar-refractivity contribution in [3.8, 4) is 11.5 Å². The van der Waals surface area contributed by atoms with Crippen LogP contribution in [0.15, 0.2) is 49.2 Å². The number of ether oxygens (including phenoxy) is 1. The predicted octanol–water partition coefficient (Wildman–Crippen LogP) is 4.79. The van der Waals surface area contributed by atoms with Gasteiger partial charge in [0.05, 0.1) is 30.3 Å². The topological polar surface area (TPSA) is 106 Å². The maximum Gasteiger partial charge on any atom is 0.416 e. The first kappa shape index (κ1) is 24.2. The van der Waals surface area contributed by atoms with Crippen molar-refractivity contribution in [2.24, 2.45) is 7.05 Å². The minimum Gasteiger partial charge on any atom is -0.450 e. The second-order valence-electron chi connectivity index (χ2n) is 8.90. The Morgan fingerprint density at radius 2 is 2.00 bits per heavy atom. The molecule has 1 aromatic carbocycles. The number of aromatic nitrogens is 6. The third-order valence-electron chi connectivity index (χ3n) is 6.34. The van der Waals surface area contributed by atoms with E-state index >= 15 is 0 Å². The highest BCUT2D eigenvalue weighted by Gasteiger charge is 2.33. The number of β-amino-alcohol motifs (C(OH)–C–C–N with tert-alkyl or cyclic N) is 1. The van der Waals surface area contributed by atoms with Crippen LogP contribution in [-0.2, 0) is 13.2 Å². The standard InChI is InChI=1S/C24H20ClF3N8O2/c1-34-21-20(25)19(38-18-11-31-36-5-3-29-9-17(18)36)10-30-22(21)33-23(34)32-14-6-13(24(26,27)28)7-15(8-14)35-4-2-16(37)12-35/h3,5-11,16,37H,2,4,12H2,1H3,(H,30,32,33)/t16-/m1/s1. The number of nitrogens with one attached hydrogen (secondary N) is 1. The SMILES string of the molecule is Cn1c(Nc2cc(N3CC[C@@H](O)C3)cc(C(F)(F)F)c2)nc2ncc(Oc3cnn4ccncc34)c(Cl)c21. The average molecular weight is 545 g/mol. The highest BCUT2D eigenvalue weighted by atomic mass is 35.5. The molecule has 14 heteroatoms. The van der Waals surface area contributed by atoms with Crippen LogP contribution >= 0.6 is 11.6 Å². The zero-order valence-electron chi connectivity index (χ0n) is 19.8. The number of fused-ring (bicyclic) bond motifs is 2. The zero-order chi connectivity index (χ0) is 26.6. The number of aryl methyl sites for hydroxylation is 1. The van der Waals surface area contributed by atoms with Gasteiger partial charge in [-0.15, -0.1) is 0 Å². The van der Waals surface area contributed by atoms with Crippen LogP contribution in [0, 0.1) is 0 Å². The molecule has 1 atom stereocenters. The average Bonchev–Trinajstić information content (AvgIpc) is 3.58. The maximum absolute atomic E-state index is 13.7. The number of pyridine rings is 1. The summed E-state index contributed by atoms with van der Waals surface area (Å²) in [5.41, 5.74) is 1.06. The zero-order valence-corrected chi connectivity index (χ0v) is 20.6. The largest absolute Gasteiger partial charge is 0.450 e. The number of nitrogens with zero attached hydrogens (tertiary/aromatic N) is 7. The number of benzene rings is 1. The van der Waals surface area contributed by atoms with Gasteiger partial charge in [0, 0.05) is 43.9 Å². The molecule has 0 radical (unpaired) electrons. The van der Waals surface area contributed by atoms with Gasteiger partial charge in [-0.2, -0.15) is 23.3 Å². The van der Waals surface area contributed by atoms with Crippen molar-refractivity contribution in [2.45, 2.75) is 18.7 Å². The number of rotatable bonds is 5. The van der Waals surface area contributed by atoms with Gasteiger partial charge in [0.2, 0.25) is 5.95 Å². The minimum absolute atomic E-state index is 0.182. The Morgan fingerprint density at radius 3 is 2.76 bits per heavy atom. The number of anilines is 3. The Kier molecular flexibility index (Phi) is 5.76. The van der Waals surface area contributed by atoms with Gasteiger partial charge in [0.25, 0.3) is 0 Å². The molecule has 0 amide bonds. The fourth-order valence-electron chi connectivity index (χ4n) is 4.44. The molecule has 0 bridgehead atoms. The summed E-state index contributed by atoms with van der Waals surface area (Å²) in [5.74, 6) is 0.907. The van der Waals surface area contributed by atoms with Crippen molar-refractivity contribution in [1.29, 1.82) is 0 Å². The van der Waals surface area contributed by atoms with E-state index in [1.807, 2.05) is 0 Å². The van der Waals surface area contributed by atoms with Crippen LogP contribution in [0.5, 0.6) is 11.5 Å². The second kappa shape index (κ2) is 9.03. The van der Waals surface area contributed by atoms with E-state index in [9.17, 15) is 18.3 Å². The smallest absolute Gasteiger partial charge is 0.416 e. The van der Waals surface area contributed by atoms with Gasteiger partial charge in [0.1, 0.15) is 16.1 Å². The normalized spacial score (nSPS) is 16.1. The third-order valence-corrected chi connectivity index (χ3v) is 6.71. The van der Waals surface area contributed by atoms with Crippen LogP contribution in [-0.4, -0.2) is 53.4 Å². The van der Waals surface area contributed by atoms with Crippen LogP contribution in [0.25, 0.3) is 16.7 Å². The highest BCUT2D eigenvalue weighted by Crippen LogP contribution is 2.38. The number of aliphatic hydroxyl groups is 1. The highest BCUT2D eigenvalue weighted by molar-refractivity contribution is 6.36. The number of hydrogen-bond acceptors (Lipinski definition) is 8. The van der Waals surface area contributed by atoms with E-state index in [1.165, 1.54) is 12.4 Å². The lowest BCUT2D eigenvalue weighted by Gasteiger charge is -2.21. The van der Waals surface area contributed by atoms with Crippen LogP contribution < -0.4 is 15.0 Å². The van der Waals surface area contributed by atoms with Gasteiger partial charge in [-0.25, -0.2) is 9.50 Å². The third kappa shape index (κ3) is 4.33. The van der Waals surface area contributed by atoms with Crippen LogP contribution in [0.3, 0.4) is 0 Å². The lowest BCUT2D eigenvalue weighted by Crippen LogP contribution is -2.22. The first-order valence-corrected chi connectivity index (χ1v) is 11.9. The molecule has 10 nitrogen and oxygen atoms in total. The van der Waals surface area contributed by atoms with Crippen LogP contribution in [0.4, 0.5) is 30.5 Å². The fraction of sp³-hybridized carbons (Fsp3) is 0.250. The van der Waals surface area contributed by atoms with E-state index in [-0.39, 0.29) is 34.6 Å². The van der Waals surface area contributed by atoms with E-state index in [1.54, 1.807) is 45.7 Å². The van der Waals surface area contributed by atoms with Gasteiger partial charge in [0.15, 0.2) is 17.1 Å². The van der Waals surface area contributed by atoms with E-state index in [4.69, 9.17) is 16.3 Å². The Balaban J connectivity index is 1.35. The Hall–Kier alpha value is -4.10. The van der Waals surface area contributed by atoms with Gasteiger partial charge in [-0.3, -0.25) is 4.98 Å². The molecular weight excluding hydrogens is 525 g/mol. The summed E-state index contributed by atoms with van der Waals surface area (Å²) in [4.78, 5) is 14.6. The summed E-state index contributed by atoms with van der Waals surface area (Å²) in [6, 6.07) is 3.68. The predicted molar refractivity (Wildman–Crippen MR) is 134 cm³/mol. The number of hydrogen-bond donors (Lipinski definition) is 2. The van der Waals surface area contributed by atoms with Crippen molar-refractivity contribution in [2.75, 3.05) is 23.3 Å². The molecule has 0 spiro atoms. The van der Waals surface area contributed by atoms with Gasteiger partial charge in [-0.1, -0.05) is 11.6 Å². The molecule has 38 heavy (non-hydrogen) atoms. The van der Waals surface area contributed by atoms with Gasteiger partial charge < -0.3 is 24.6 Å². The molecule has 6 rings (SSSR count). The molecule has 0 aliphatic carbocycles. The van der Waals surface area contributed by atoms with E-state index in [0.29, 0.717) is 35.4 Å². The Bertz CT molecular complexity index is 1670. The summed E-state index contributed by atoms with van der Waals surface area (Å²) in [6.07, 6.45) is 3.17. The lowest BCUT2D eigenvalue weighted by molar-refractivity contribution is -0.137. The van der Waals surface area contributed by atoms with Crippen molar-refractivity contribution < 1.29 is 23.0 Å². The molecule has 5 heterocycles. The molecule has 196 valence electrons. The first-order valence-electron chi connectivity index (χ1n) is 11.6. The molecular formula is C24H20ClF3N8O2. The maximum atomic E-state index is 13.7. The minimum atomic E-state index is -4.55. The molecule has 1 aliphatic rings. The summed E-state index contributed by atoms with van der Waals surface area (Å²) in [5, 5.41) is 17.3. The quantitative estimate of drug-likeness (QED) is 0.325. The number of alkyl halides is 3. The summed E-state index contributed by atoms with van der Waals surface area (Å²) in [7, 11) is 1.67. The van der Waals surface area contributed by atoms with Crippen LogP contribution in [0.2, 0.25) is 5.02 Å². The monoisotopic (exact) mass is 544 g/mol. The van der Waals surface area contributed by atoms with Crippen molar-refractivity contribution in [1.82, 2.24) is 29.1 Å². The molecule has 5 aromatic rings. The molecule has 1 saturated heterocycles. The summed E-state index contributed by atoms with van der Waals surface area (Å²) < 4.78 is 50.2. The van der Waals surface area contributed by atoms with E-state index < -0.39 is 17.8 Å². The lowest BCUT2D eigenvalue weighted by atomic mass is 10.1. The molecule has 1 aliphatic heterocycles. The van der Waals surface area contributed by atoms with Gasteiger partial charge >= 0.3 is 6.18 Å². The first-order chi connectivity index (χ1) is 18.2. The van der Waals surface area contributed by atoms with Crippen molar-refractivity contribution in [3.05, 3.63) is 59.8 Å². The summed E-state index contributed by atoms with van der Waals surface area (Å²) in [6.45, 7) is 0.720. The number of imidazole rings is 1. The van der Waals surface area contributed by atoms with Crippen LogP contribution in [0.1, 0.15) is 12.0 Å². The molecule has 0 saturated carbocycles. The fourth-order valence-corrected chi connectivity index (χ4v) is 4.74. The summed E-state index contributed by atoms with van der Waals surface area (Å²) >= 11 is 6.67. The van der Waals surface area contributed by atoms with E-state index in [0.717, 1.165) is 12.1 Å². The molecule has 1 fully saturated rings. The van der Waals surface area contributed by atoms with Crippen molar-refractivity contribution in [3.63, 3.8) is 0 Å². The molecule has 2 N–H and O–H groups in total. The number of aliphatic hydroxyl groups excluding tert-OH is 1. The molecule has 4 aromatic heterocycles. The van der Waals surface area contributed by atoms with Crippen molar-refractivity contribution >= 4 is 45.6 Å². The van der Waals surface area contributed by atoms with E-state index in [2.05, 4.69) is 25.4 Å². The Morgan fingerprint density at radius 1 is 1.16 bits per heavy atom. The Labute approximate surface area is 218 Å².